The second-order valence-electron chi connectivity index (χ2n) is 6.40. The van der Waals surface area contributed by atoms with Gasteiger partial charge in [0.2, 0.25) is 0 Å². The minimum Gasteiger partial charge on any atom is -0.488 e. The lowest BCUT2D eigenvalue weighted by atomic mass is 10.1. The Morgan fingerprint density at radius 1 is 0.857 bits per heavy atom. The molecule has 0 amide bonds. The summed E-state index contributed by atoms with van der Waals surface area (Å²) in [7, 11) is 0. The van der Waals surface area contributed by atoms with Gasteiger partial charge in [0.1, 0.15) is 19.0 Å². The molecule has 3 rings (SSSR count). The summed E-state index contributed by atoms with van der Waals surface area (Å²) >= 11 is 0. The minimum absolute atomic E-state index is 0.247. The lowest BCUT2D eigenvalue weighted by molar-refractivity contribution is 0.0472. The average molecular weight is 372 g/mol. The molecule has 0 saturated carbocycles. The normalized spacial score (nSPS) is 10.8. The molecular weight excluding hydrogens is 348 g/mol. The van der Waals surface area contributed by atoms with Gasteiger partial charge in [0.25, 0.3) is 0 Å². The lowest BCUT2D eigenvalue weighted by Crippen LogP contribution is -2.06. The number of allylic oxidation sites excluding steroid dienone is 1. The summed E-state index contributed by atoms with van der Waals surface area (Å²) in [5, 5.41) is 0. The quantitative estimate of drug-likeness (QED) is 0.452. The highest BCUT2D eigenvalue weighted by Crippen LogP contribution is 2.24. The van der Waals surface area contributed by atoms with Crippen LogP contribution in [0.4, 0.5) is 0 Å². The van der Waals surface area contributed by atoms with Crippen molar-refractivity contribution < 1.29 is 14.3 Å². The van der Waals surface area contributed by atoms with Crippen LogP contribution in [0.5, 0.6) is 5.75 Å². The zero-order valence-electron chi connectivity index (χ0n) is 16.0. The summed E-state index contributed by atoms with van der Waals surface area (Å²) in [6.45, 7) is 2.77. The summed E-state index contributed by atoms with van der Waals surface area (Å²) in [4.78, 5) is 12.5. The zero-order valence-corrected chi connectivity index (χ0v) is 16.0. The Hall–Kier alpha value is -3.33. The van der Waals surface area contributed by atoms with Crippen LogP contribution in [0.25, 0.3) is 6.08 Å². The van der Waals surface area contributed by atoms with Crippen LogP contribution in [-0.4, -0.2) is 5.97 Å². The summed E-state index contributed by atoms with van der Waals surface area (Å²) < 4.78 is 11.5. The fourth-order valence-corrected chi connectivity index (χ4v) is 2.71. The van der Waals surface area contributed by atoms with Crippen molar-refractivity contribution in [1.29, 1.82) is 0 Å². The number of hydrogen-bond donors (Lipinski definition) is 0. The van der Waals surface area contributed by atoms with Crippen LogP contribution >= 0.6 is 0 Å². The van der Waals surface area contributed by atoms with Gasteiger partial charge in [-0.25, -0.2) is 4.79 Å². The molecule has 0 aliphatic carbocycles. The summed E-state index contributed by atoms with van der Waals surface area (Å²) in [6.07, 6.45) is 5.01. The first kappa shape index (κ1) is 19.4. The van der Waals surface area contributed by atoms with Crippen LogP contribution in [-0.2, 0) is 18.0 Å². The van der Waals surface area contributed by atoms with Crippen LogP contribution in [0.3, 0.4) is 0 Å². The number of ether oxygens (including phenoxy) is 2. The third-order valence-electron chi connectivity index (χ3n) is 4.23. The van der Waals surface area contributed by atoms with E-state index in [9.17, 15) is 4.79 Å². The molecule has 0 aliphatic heterocycles. The highest BCUT2D eigenvalue weighted by Gasteiger charge is 2.11. The molecule has 3 aromatic carbocycles. The van der Waals surface area contributed by atoms with Gasteiger partial charge in [0, 0.05) is 5.56 Å². The van der Waals surface area contributed by atoms with Crippen molar-refractivity contribution in [3.63, 3.8) is 0 Å². The first-order valence-electron chi connectivity index (χ1n) is 9.44. The van der Waals surface area contributed by atoms with Crippen molar-refractivity contribution in [3.05, 3.63) is 107 Å². The van der Waals surface area contributed by atoms with Gasteiger partial charge in [0.05, 0.1) is 5.56 Å². The molecule has 0 fully saturated rings. The van der Waals surface area contributed by atoms with Gasteiger partial charge < -0.3 is 9.47 Å². The second kappa shape index (κ2) is 10.1. The molecular formula is C25H24O3. The average Bonchev–Trinajstić information content (AvgIpc) is 2.76. The Balaban J connectivity index is 1.74. The van der Waals surface area contributed by atoms with E-state index in [0.717, 1.165) is 23.1 Å². The first-order chi connectivity index (χ1) is 13.8. The lowest BCUT2D eigenvalue weighted by Gasteiger charge is -2.12. The van der Waals surface area contributed by atoms with Gasteiger partial charge in [0.15, 0.2) is 0 Å². The predicted octanol–water partition coefficient (Wildman–Crippen LogP) is 6.05. The molecule has 142 valence electrons. The zero-order chi connectivity index (χ0) is 19.6. The molecule has 0 spiro atoms. The molecule has 0 aliphatic rings. The van der Waals surface area contributed by atoms with Gasteiger partial charge in [-0.05, 0) is 29.7 Å². The third-order valence-corrected chi connectivity index (χ3v) is 4.23. The second-order valence-corrected chi connectivity index (χ2v) is 6.40. The van der Waals surface area contributed by atoms with E-state index in [1.54, 1.807) is 12.1 Å². The van der Waals surface area contributed by atoms with E-state index in [1.165, 1.54) is 0 Å². The Morgan fingerprint density at radius 2 is 1.50 bits per heavy atom. The fourth-order valence-electron chi connectivity index (χ4n) is 2.71. The molecule has 0 N–H and O–H groups in total. The maximum absolute atomic E-state index is 12.5. The first-order valence-corrected chi connectivity index (χ1v) is 9.44. The van der Waals surface area contributed by atoms with E-state index in [-0.39, 0.29) is 12.6 Å². The predicted molar refractivity (Wildman–Crippen MR) is 112 cm³/mol. The van der Waals surface area contributed by atoms with Gasteiger partial charge in [-0.1, -0.05) is 85.8 Å². The largest absolute Gasteiger partial charge is 0.488 e. The van der Waals surface area contributed by atoms with Crippen LogP contribution in [0.1, 0.15) is 40.4 Å². The third kappa shape index (κ3) is 5.58. The highest BCUT2D eigenvalue weighted by atomic mass is 16.5. The van der Waals surface area contributed by atoms with Crippen molar-refractivity contribution in [2.75, 3.05) is 0 Å². The van der Waals surface area contributed by atoms with Crippen molar-refractivity contribution in [2.45, 2.75) is 26.6 Å². The van der Waals surface area contributed by atoms with Gasteiger partial charge in [-0.3, -0.25) is 0 Å². The standard InChI is InChI=1S/C25H24O3/c1-2-3-14-22-15-16-23(25(26)28-19-21-12-8-5-9-13-21)17-24(22)27-18-20-10-6-4-7-11-20/h3-17H,2,18-19H2,1H3/b14-3+. The smallest absolute Gasteiger partial charge is 0.338 e. The van der Waals surface area contributed by atoms with E-state index in [4.69, 9.17) is 9.47 Å². The molecule has 0 aromatic heterocycles. The van der Waals surface area contributed by atoms with Gasteiger partial charge >= 0.3 is 5.97 Å². The summed E-state index contributed by atoms with van der Waals surface area (Å²) in [5.41, 5.74) is 3.45. The van der Waals surface area contributed by atoms with E-state index >= 15 is 0 Å². The Bertz CT molecular complexity index is 915. The Kier molecular flexibility index (Phi) is 7.02. The number of carbonyl (C=O) groups is 1. The molecule has 0 radical (unpaired) electrons. The molecule has 0 heterocycles. The van der Waals surface area contributed by atoms with Crippen molar-refractivity contribution in [2.24, 2.45) is 0 Å². The SMILES string of the molecule is CC/C=C/c1ccc(C(=O)OCc2ccccc2)cc1OCc1ccccc1. The molecule has 0 atom stereocenters. The van der Waals surface area contributed by atoms with E-state index in [0.29, 0.717) is 17.9 Å². The fraction of sp³-hybridized carbons (Fsp3) is 0.160. The van der Waals surface area contributed by atoms with E-state index < -0.39 is 0 Å². The number of hydrogen-bond acceptors (Lipinski definition) is 3. The number of benzene rings is 3. The van der Waals surface area contributed by atoms with Gasteiger partial charge in [-0.2, -0.15) is 0 Å². The van der Waals surface area contributed by atoms with E-state index in [2.05, 4.69) is 13.0 Å². The molecule has 0 bridgehead atoms. The van der Waals surface area contributed by atoms with Crippen LogP contribution in [0, 0.1) is 0 Å². The van der Waals surface area contributed by atoms with E-state index in [1.807, 2.05) is 72.8 Å². The maximum Gasteiger partial charge on any atom is 0.338 e. The Labute approximate surface area is 166 Å². The summed E-state index contributed by atoms with van der Waals surface area (Å²) in [6, 6.07) is 25.0. The molecule has 3 aromatic rings. The maximum atomic E-state index is 12.5. The molecule has 3 nitrogen and oxygen atoms in total. The van der Waals surface area contributed by atoms with Crippen molar-refractivity contribution in [3.8, 4) is 5.75 Å². The monoisotopic (exact) mass is 372 g/mol. The molecule has 0 saturated heterocycles. The number of rotatable bonds is 8. The van der Waals surface area contributed by atoms with Crippen LogP contribution in [0.15, 0.2) is 84.9 Å². The number of carbonyl (C=O) groups excluding carboxylic acids is 1. The Morgan fingerprint density at radius 3 is 2.14 bits per heavy atom. The van der Waals surface area contributed by atoms with Crippen molar-refractivity contribution >= 4 is 12.0 Å². The van der Waals surface area contributed by atoms with Gasteiger partial charge in [-0.15, -0.1) is 0 Å². The van der Waals surface area contributed by atoms with Crippen LogP contribution < -0.4 is 4.74 Å². The minimum atomic E-state index is -0.362. The molecule has 0 unspecified atom stereocenters. The topological polar surface area (TPSA) is 35.5 Å². The molecule has 3 heteroatoms. The van der Waals surface area contributed by atoms with Crippen molar-refractivity contribution in [1.82, 2.24) is 0 Å². The van der Waals surface area contributed by atoms with Crippen LogP contribution in [0.2, 0.25) is 0 Å². The highest BCUT2D eigenvalue weighted by molar-refractivity contribution is 5.90. The summed E-state index contributed by atoms with van der Waals surface area (Å²) in [5.74, 6) is 0.308. The number of esters is 1. The molecule has 28 heavy (non-hydrogen) atoms.